The van der Waals surface area contributed by atoms with E-state index in [9.17, 15) is 9.59 Å². The van der Waals surface area contributed by atoms with Gasteiger partial charge in [-0.25, -0.2) is 4.68 Å². The summed E-state index contributed by atoms with van der Waals surface area (Å²) in [6.45, 7) is 5.33. The van der Waals surface area contributed by atoms with Gasteiger partial charge >= 0.3 is 0 Å². The molecule has 0 saturated carbocycles. The summed E-state index contributed by atoms with van der Waals surface area (Å²) in [6, 6.07) is 18.1. The number of pyridine rings is 1. The molecule has 3 aromatic rings. The Morgan fingerprint density at radius 1 is 0.967 bits per heavy atom. The highest BCUT2D eigenvalue weighted by Crippen LogP contribution is 2.17. The number of hydrogen-bond acceptors (Lipinski definition) is 5. The van der Waals surface area contributed by atoms with Gasteiger partial charge in [-0.05, 0) is 25.1 Å². The molecule has 2 aromatic heterocycles. The van der Waals surface area contributed by atoms with E-state index in [1.54, 1.807) is 19.2 Å². The Kier molecular flexibility index (Phi) is 5.99. The molecule has 154 valence electrons. The fourth-order valence-electron chi connectivity index (χ4n) is 3.68. The molecule has 1 saturated heterocycles. The highest BCUT2D eigenvalue weighted by molar-refractivity contribution is 5.80. The van der Waals surface area contributed by atoms with Crippen LogP contribution in [0.3, 0.4) is 0 Å². The van der Waals surface area contributed by atoms with Crippen LogP contribution in [0.15, 0.2) is 71.7 Å². The zero-order chi connectivity index (χ0) is 20.9. The second-order valence-electron chi connectivity index (χ2n) is 7.47. The number of benzene rings is 1. The molecule has 7 nitrogen and oxygen atoms in total. The first kappa shape index (κ1) is 20.0. The molecule has 0 radical (unpaired) electrons. The summed E-state index contributed by atoms with van der Waals surface area (Å²) in [5, 5.41) is 4.47. The van der Waals surface area contributed by atoms with E-state index in [0.717, 1.165) is 30.9 Å². The number of carbonyl (C=O) groups excluding carboxylic acids is 1. The molecule has 30 heavy (non-hydrogen) atoms. The topological polar surface area (TPSA) is 71.3 Å². The minimum atomic E-state index is -0.650. The van der Waals surface area contributed by atoms with Crippen molar-refractivity contribution in [2.75, 3.05) is 26.2 Å². The highest BCUT2D eigenvalue weighted by atomic mass is 16.2. The lowest BCUT2D eigenvalue weighted by molar-refractivity contribution is -0.136. The molecule has 0 spiro atoms. The van der Waals surface area contributed by atoms with Gasteiger partial charge in [-0.2, -0.15) is 5.10 Å². The van der Waals surface area contributed by atoms with Crippen LogP contribution < -0.4 is 5.56 Å². The smallest absolute Gasteiger partial charge is 0.267 e. The fourth-order valence-corrected chi connectivity index (χ4v) is 3.68. The normalized spacial score (nSPS) is 15.7. The van der Waals surface area contributed by atoms with Crippen molar-refractivity contribution in [3.8, 4) is 11.3 Å². The number of carbonyl (C=O) groups is 1. The number of aromatic nitrogens is 3. The van der Waals surface area contributed by atoms with Crippen LogP contribution in [-0.2, 0) is 11.3 Å². The Morgan fingerprint density at radius 2 is 1.70 bits per heavy atom. The van der Waals surface area contributed by atoms with E-state index in [1.165, 1.54) is 10.7 Å². The molecular weight excluding hydrogens is 378 g/mol. The lowest BCUT2D eigenvalue weighted by atomic mass is 10.1. The Labute approximate surface area is 175 Å². The van der Waals surface area contributed by atoms with Crippen molar-refractivity contribution >= 4 is 5.91 Å². The summed E-state index contributed by atoms with van der Waals surface area (Å²) in [7, 11) is 0. The molecule has 7 heteroatoms. The zero-order valence-electron chi connectivity index (χ0n) is 17.0. The monoisotopic (exact) mass is 403 g/mol. The average Bonchev–Trinajstić information content (AvgIpc) is 2.80. The second kappa shape index (κ2) is 9.00. The zero-order valence-corrected chi connectivity index (χ0v) is 17.0. The third kappa shape index (κ3) is 4.46. The molecule has 3 heterocycles. The third-order valence-corrected chi connectivity index (χ3v) is 5.41. The Morgan fingerprint density at radius 3 is 2.40 bits per heavy atom. The highest BCUT2D eigenvalue weighted by Gasteiger charge is 2.27. The minimum absolute atomic E-state index is 0.0766. The van der Waals surface area contributed by atoms with Crippen LogP contribution in [0.5, 0.6) is 0 Å². The maximum absolute atomic E-state index is 13.1. The molecule has 1 aromatic carbocycles. The summed E-state index contributed by atoms with van der Waals surface area (Å²) in [5.41, 5.74) is 2.34. The van der Waals surface area contributed by atoms with Crippen LogP contribution in [-0.4, -0.2) is 56.7 Å². The molecule has 1 aliphatic heterocycles. The first-order valence-electron chi connectivity index (χ1n) is 10.2. The minimum Gasteiger partial charge on any atom is -0.338 e. The van der Waals surface area contributed by atoms with E-state index in [4.69, 9.17) is 0 Å². The molecule has 1 amide bonds. The van der Waals surface area contributed by atoms with Gasteiger partial charge in [-0.15, -0.1) is 0 Å². The third-order valence-electron chi connectivity index (χ3n) is 5.41. The molecule has 1 aliphatic rings. The molecule has 0 bridgehead atoms. The number of hydrogen-bond donors (Lipinski definition) is 0. The average molecular weight is 403 g/mol. The maximum Gasteiger partial charge on any atom is 0.267 e. The Balaban J connectivity index is 1.42. The van der Waals surface area contributed by atoms with Crippen molar-refractivity contribution in [2.24, 2.45) is 0 Å². The molecule has 4 rings (SSSR count). The molecule has 1 atom stereocenters. The van der Waals surface area contributed by atoms with Gasteiger partial charge in [0.05, 0.1) is 11.4 Å². The van der Waals surface area contributed by atoms with Crippen molar-refractivity contribution < 1.29 is 4.79 Å². The van der Waals surface area contributed by atoms with Crippen LogP contribution >= 0.6 is 0 Å². The van der Waals surface area contributed by atoms with Gasteiger partial charge in [0, 0.05) is 50.6 Å². The van der Waals surface area contributed by atoms with Crippen LogP contribution in [0.4, 0.5) is 0 Å². The van der Waals surface area contributed by atoms with Crippen LogP contribution in [0.2, 0.25) is 0 Å². The van der Waals surface area contributed by atoms with Crippen LogP contribution in [0.1, 0.15) is 18.7 Å². The van der Waals surface area contributed by atoms with Gasteiger partial charge in [0.25, 0.3) is 5.56 Å². The maximum atomic E-state index is 13.1. The van der Waals surface area contributed by atoms with Crippen molar-refractivity contribution in [2.45, 2.75) is 19.5 Å². The molecule has 1 fully saturated rings. The van der Waals surface area contributed by atoms with Crippen molar-refractivity contribution in [1.29, 1.82) is 0 Å². The van der Waals surface area contributed by atoms with Crippen LogP contribution in [0.25, 0.3) is 11.3 Å². The first-order valence-corrected chi connectivity index (χ1v) is 10.2. The van der Waals surface area contributed by atoms with Crippen LogP contribution in [0, 0.1) is 0 Å². The van der Waals surface area contributed by atoms with Gasteiger partial charge in [-0.3, -0.25) is 19.5 Å². The lowest BCUT2D eigenvalue weighted by Gasteiger charge is -2.35. The summed E-state index contributed by atoms with van der Waals surface area (Å²) >= 11 is 0. The Hall–Kier alpha value is -3.32. The van der Waals surface area contributed by atoms with Crippen molar-refractivity contribution in [3.05, 3.63) is 82.9 Å². The van der Waals surface area contributed by atoms with Gasteiger partial charge in [0.15, 0.2) is 0 Å². The van der Waals surface area contributed by atoms with Crippen molar-refractivity contribution in [3.63, 3.8) is 0 Å². The quantitative estimate of drug-likeness (QED) is 0.653. The molecular formula is C23H25N5O2. The predicted molar refractivity (Wildman–Crippen MR) is 115 cm³/mol. The Bertz CT molecular complexity index is 1040. The summed E-state index contributed by atoms with van der Waals surface area (Å²) < 4.78 is 1.30. The standard InChI is InChI=1S/C23H25N5O2/c1-18(28-22(29)11-10-21(25-28)19-7-3-2-4-8-19)23(30)27-15-13-26(14-16-27)17-20-9-5-6-12-24-20/h2-12,18H,13-17H2,1H3. The fraction of sp³-hybridized carbons (Fsp3) is 0.304. The second-order valence-corrected chi connectivity index (χ2v) is 7.47. The largest absolute Gasteiger partial charge is 0.338 e. The summed E-state index contributed by atoms with van der Waals surface area (Å²) in [4.78, 5) is 33.9. The molecule has 0 N–H and O–H groups in total. The van der Waals surface area contributed by atoms with E-state index in [2.05, 4.69) is 15.0 Å². The van der Waals surface area contributed by atoms with Gasteiger partial charge in [0.1, 0.15) is 6.04 Å². The summed E-state index contributed by atoms with van der Waals surface area (Å²) in [5.74, 6) is -0.0766. The van der Waals surface area contributed by atoms with E-state index < -0.39 is 6.04 Å². The first-order chi connectivity index (χ1) is 14.6. The predicted octanol–water partition coefficient (Wildman–Crippen LogP) is 2.21. The summed E-state index contributed by atoms with van der Waals surface area (Å²) in [6.07, 6.45) is 1.80. The number of nitrogens with zero attached hydrogens (tertiary/aromatic N) is 5. The van der Waals surface area contributed by atoms with Gasteiger partial charge < -0.3 is 4.90 Å². The van der Waals surface area contributed by atoms with Gasteiger partial charge in [0.2, 0.25) is 5.91 Å². The number of piperazine rings is 1. The van der Waals surface area contributed by atoms with Gasteiger partial charge in [-0.1, -0.05) is 36.4 Å². The van der Waals surface area contributed by atoms with E-state index in [-0.39, 0.29) is 11.5 Å². The molecule has 1 unspecified atom stereocenters. The van der Waals surface area contributed by atoms with Crippen molar-refractivity contribution in [1.82, 2.24) is 24.6 Å². The SMILES string of the molecule is CC(C(=O)N1CCN(Cc2ccccn2)CC1)n1nc(-c2ccccc2)ccc1=O. The number of rotatable bonds is 5. The lowest BCUT2D eigenvalue weighted by Crippen LogP contribution is -2.50. The molecule has 0 aliphatic carbocycles. The van der Waals surface area contributed by atoms with E-state index in [0.29, 0.717) is 18.8 Å². The van der Waals surface area contributed by atoms with E-state index in [1.807, 2.05) is 53.4 Å². The van der Waals surface area contributed by atoms with E-state index >= 15 is 0 Å². The number of amides is 1.